The first kappa shape index (κ1) is 9.77. The zero-order chi connectivity index (χ0) is 9.97. The van der Waals surface area contributed by atoms with Gasteiger partial charge in [-0.3, -0.25) is 0 Å². The Morgan fingerprint density at radius 3 is 2.93 bits per heavy atom. The van der Waals surface area contributed by atoms with E-state index in [-0.39, 0.29) is 0 Å². The fourth-order valence-corrected chi connectivity index (χ4v) is 2.70. The van der Waals surface area contributed by atoms with Gasteiger partial charge in [-0.15, -0.1) is 0 Å². The van der Waals surface area contributed by atoms with E-state index in [1.807, 2.05) is 6.07 Å². The van der Waals surface area contributed by atoms with E-state index >= 15 is 0 Å². The van der Waals surface area contributed by atoms with Crippen LogP contribution >= 0.6 is 11.5 Å². The first-order chi connectivity index (χ1) is 6.75. The molecule has 2 atom stereocenters. The molecule has 2 unspecified atom stereocenters. The van der Waals surface area contributed by atoms with Gasteiger partial charge in [-0.1, -0.05) is 19.8 Å². The highest BCUT2D eigenvalue weighted by atomic mass is 32.1. The molecule has 1 aliphatic carbocycles. The van der Waals surface area contributed by atoms with Crippen LogP contribution in [0.15, 0.2) is 6.07 Å². The van der Waals surface area contributed by atoms with Gasteiger partial charge in [0.05, 0.1) is 0 Å². The number of hydrogen-bond donors (Lipinski definition) is 2. The first-order valence-corrected chi connectivity index (χ1v) is 6.02. The van der Waals surface area contributed by atoms with Crippen molar-refractivity contribution in [2.45, 2.75) is 38.6 Å². The number of nitrogens with one attached hydrogen (secondary N) is 1. The highest BCUT2D eigenvalue weighted by Crippen LogP contribution is 2.28. The molecule has 0 bridgehead atoms. The second-order valence-corrected chi connectivity index (χ2v) is 4.93. The Morgan fingerprint density at radius 2 is 2.29 bits per heavy atom. The number of nitrogens with zero attached hydrogens (tertiary/aromatic N) is 1. The fraction of sp³-hybridized carbons (Fsp3) is 0.700. The van der Waals surface area contributed by atoms with Crippen molar-refractivity contribution >= 4 is 22.4 Å². The Labute approximate surface area is 88.9 Å². The highest BCUT2D eigenvalue weighted by Gasteiger charge is 2.21. The summed E-state index contributed by atoms with van der Waals surface area (Å²) in [5, 5.41) is 4.64. The third kappa shape index (κ3) is 2.18. The number of rotatable bonds is 2. The zero-order valence-corrected chi connectivity index (χ0v) is 9.31. The van der Waals surface area contributed by atoms with E-state index in [0.717, 1.165) is 10.9 Å². The summed E-state index contributed by atoms with van der Waals surface area (Å²) in [5.41, 5.74) is 5.58. The van der Waals surface area contributed by atoms with Gasteiger partial charge in [0.15, 0.2) is 0 Å². The average molecular weight is 211 g/mol. The molecule has 3 N–H and O–H groups in total. The molecule has 0 radical (unpaired) electrons. The lowest BCUT2D eigenvalue weighted by molar-refractivity contribution is 0.350. The maximum Gasteiger partial charge on any atom is 0.139 e. The standard InChI is InChI=1S/C10H17N3S/c1-7-4-2-3-5-8(7)12-10-6-9(11)13-14-10/h6-8,12H,2-5H2,1H3,(H2,11,13). The Hall–Kier alpha value is -0.770. The van der Waals surface area contributed by atoms with Crippen LogP contribution in [0, 0.1) is 5.92 Å². The molecule has 1 fully saturated rings. The van der Waals surface area contributed by atoms with Crippen LogP contribution in [0.4, 0.5) is 10.8 Å². The largest absolute Gasteiger partial charge is 0.383 e. The number of aromatic nitrogens is 1. The summed E-state index contributed by atoms with van der Waals surface area (Å²) in [6, 6.07) is 2.54. The molecule has 0 saturated heterocycles. The van der Waals surface area contributed by atoms with Gasteiger partial charge >= 0.3 is 0 Å². The molecule has 1 saturated carbocycles. The van der Waals surface area contributed by atoms with E-state index in [4.69, 9.17) is 5.73 Å². The van der Waals surface area contributed by atoms with Crippen LogP contribution in [-0.4, -0.2) is 10.4 Å². The summed E-state index contributed by atoms with van der Waals surface area (Å²) in [7, 11) is 0. The van der Waals surface area contributed by atoms with Crippen molar-refractivity contribution in [2.24, 2.45) is 5.92 Å². The molecule has 4 heteroatoms. The maximum atomic E-state index is 5.58. The summed E-state index contributed by atoms with van der Waals surface area (Å²) >= 11 is 1.46. The normalized spacial score (nSPS) is 27.5. The lowest BCUT2D eigenvalue weighted by atomic mass is 9.86. The lowest BCUT2D eigenvalue weighted by Gasteiger charge is -2.29. The summed E-state index contributed by atoms with van der Waals surface area (Å²) < 4.78 is 4.06. The highest BCUT2D eigenvalue weighted by molar-refractivity contribution is 7.10. The van der Waals surface area contributed by atoms with Crippen LogP contribution in [0.25, 0.3) is 0 Å². The third-order valence-corrected chi connectivity index (χ3v) is 3.70. The Morgan fingerprint density at radius 1 is 1.50 bits per heavy atom. The topological polar surface area (TPSA) is 50.9 Å². The molecule has 0 amide bonds. The van der Waals surface area contributed by atoms with Gasteiger partial charge in [0.25, 0.3) is 0 Å². The van der Waals surface area contributed by atoms with Crippen molar-refractivity contribution in [1.82, 2.24) is 4.37 Å². The van der Waals surface area contributed by atoms with E-state index in [1.54, 1.807) is 0 Å². The Bertz CT molecular complexity index is 297. The molecule has 3 nitrogen and oxygen atoms in total. The van der Waals surface area contributed by atoms with Crippen LogP contribution in [-0.2, 0) is 0 Å². The van der Waals surface area contributed by atoms with Gasteiger partial charge in [-0.2, -0.15) is 4.37 Å². The molecule has 0 spiro atoms. The SMILES string of the molecule is CC1CCCCC1Nc1cc(N)ns1. The minimum atomic E-state index is 0.614. The van der Waals surface area contributed by atoms with E-state index < -0.39 is 0 Å². The molecule has 1 heterocycles. The molecule has 1 aromatic heterocycles. The van der Waals surface area contributed by atoms with E-state index in [9.17, 15) is 0 Å². The average Bonchev–Trinajstić information content (AvgIpc) is 2.56. The number of anilines is 2. The minimum absolute atomic E-state index is 0.614. The smallest absolute Gasteiger partial charge is 0.139 e. The van der Waals surface area contributed by atoms with Crippen molar-refractivity contribution in [3.63, 3.8) is 0 Å². The van der Waals surface area contributed by atoms with Crippen molar-refractivity contribution in [3.8, 4) is 0 Å². The quantitative estimate of drug-likeness (QED) is 0.790. The van der Waals surface area contributed by atoms with Crippen LogP contribution in [0.2, 0.25) is 0 Å². The first-order valence-electron chi connectivity index (χ1n) is 5.24. The van der Waals surface area contributed by atoms with Crippen molar-refractivity contribution in [2.75, 3.05) is 11.1 Å². The number of hydrogen-bond acceptors (Lipinski definition) is 4. The van der Waals surface area contributed by atoms with E-state index in [1.165, 1.54) is 37.2 Å². The summed E-state index contributed by atoms with van der Waals surface area (Å²) in [4.78, 5) is 0. The molecule has 14 heavy (non-hydrogen) atoms. The predicted octanol–water partition coefficient (Wildman–Crippen LogP) is 2.72. The zero-order valence-electron chi connectivity index (χ0n) is 8.49. The molecular formula is C10H17N3S. The predicted molar refractivity (Wildman–Crippen MR) is 61.6 cm³/mol. The Balaban J connectivity index is 1.95. The second kappa shape index (κ2) is 4.17. The van der Waals surface area contributed by atoms with Crippen molar-refractivity contribution in [3.05, 3.63) is 6.07 Å². The molecule has 1 aliphatic rings. The molecule has 2 rings (SSSR count). The van der Waals surface area contributed by atoms with Crippen molar-refractivity contribution < 1.29 is 0 Å². The van der Waals surface area contributed by atoms with E-state index in [2.05, 4.69) is 16.6 Å². The lowest BCUT2D eigenvalue weighted by Crippen LogP contribution is -2.29. The Kier molecular flexibility index (Phi) is 2.91. The molecule has 1 aromatic rings. The van der Waals surface area contributed by atoms with Gasteiger partial charge in [0.2, 0.25) is 0 Å². The van der Waals surface area contributed by atoms with Gasteiger partial charge in [-0.05, 0) is 30.3 Å². The fourth-order valence-electron chi connectivity index (χ4n) is 2.07. The van der Waals surface area contributed by atoms with E-state index in [0.29, 0.717) is 11.9 Å². The molecule has 78 valence electrons. The number of nitrogen functional groups attached to an aromatic ring is 1. The molecule has 0 aliphatic heterocycles. The monoisotopic (exact) mass is 211 g/mol. The maximum absolute atomic E-state index is 5.58. The van der Waals surface area contributed by atoms with Gasteiger partial charge in [-0.25, -0.2) is 0 Å². The van der Waals surface area contributed by atoms with Gasteiger partial charge in [0, 0.05) is 12.1 Å². The summed E-state index contributed by atoms with van der Waals surface area (Å²) in [6.07, 6.45) is 5.34. The van der Waals surface area contributed by atoms with Gasteiger partial charge < -0.3 is 11.1 Å². The van der Waals surface area contributed by atoms with Crippen LogP contribution in [0.3, 0.4) is 0 Å². The van der Waals surface area contributed by atoms with Crippen LogP contribution < -0.4 is 11.1 Å². The van der Waals surface area contributed by atoms with Crippen molar-refractivity contribution in [1.29, 1.82) is 0 Å². The van der Waals surface area contributed by atoms with Gasteiger partial charge in [0.1, 0.15) is 10.8 Å². The van der Waals surface area contributed by atoms with Crippen LogP contribution in [0.1, 0.15) is 32.6 Å². The minimum Gasteiger partial charge on any atom is -0.383 e. The third-order valence-electron chi connectivity index (χ3n) is 2.97. The second-order valence-electron chi connectivity index (χ2n) is 4.13. The number of nitrogens with two attached hydrogens (primary N) is 1. The summed E-state index contributed by atoms with van der Waals surface area (Å²) in [5.74, 6) is 1.40. The molecular weight excluding hydrogens is 194 g/mol. The molecule has 0 aromatic carbocycles. The summed E-state index contributed by atoms with van der Waals surface area (Å²) in [6.45, 7) is 2.32. The van der Waals surface area contributed by atoms with Crippen LogP contribution in [0.5, 0.6) is 0 Å².